The van der Waals surface area contributed by atoms with E-state index in [1.54, 1.807) is 6.07 Å². The molecule has 0 aliphatic carbocycles. The first kappa shape index (κ1) is 11.5. The van der Waals surface area contributed by atoms with Crippen molar-refractivity contribution in [2.24, 2.45) is 0 Å². The summed E-state index contributed by atoms with van der Waals surface area (Å²) in [5, 5.41) is 7.85. The van der Waals surface area contributed by atoms with Crippen molar-refractivity contribution >= 4 is 16.8 Å². The highest BCUT2D eigenvalue weighted by molar-refractivity contribution is 6.67. The van der Waals surface area contributed by atoms with Crippen molar-refractivity contribution in [2.45, 2.75) is 13.3 Å². The number of nitriles is 1. The van der Waals surface area contributed by atoms with E-state index in [1.165, 1.54) is 6.92 Å². The molecule has 15 heavy (non-hydrogen) atoms. The molecule has 0 atom stereocenters. The highest BCUT2D eigenvalue weighted by Crippen LogP contribution is 2.24. The van der Waals surface area contributed by atoms with Crippen LogP contribution in [-0.2, 0) is 0 Å². The van der Waals surface area contributed by atoms with E-state index in [1.807, 2.05) is 0 Å². The molecule has 0 saturated carbocycles. The Morgan fingerprint density at radius 1 is 1.67 bits per heavy atom. The second-order valence-electron chi connectivity index (χ2n) is 2.74. The molecular weight excluding hydrogens is 226 g/mol. The summed E-state index contributed by atoms with van der Waals surface area (Å²) in [7, 11) is 0. The Balaban J connectivity index is 3.48. The van der Waals surface area contributed by atoms with Gasteiger partial charge in [-0.3, -0.25) is 9.78 Å². The molecule has 0 unspecified atom stereocenters. The van der Waals surface area contributed by atoms with Gasteiger partial charge in [0, 0.05) is 6.20 Å². The maximum absolute atomic E-state index is 12.4. The number of carbonyl (C=O) groups is 1. The van der Waals surface area contributed by atoms with Crippen LogP contribution in [0.4, 0.5) is 8.78 Å². The van der Waals surface area contributed by atoms with Crippen LogP contribution in [0.2, 0.25) is 0 Å². The van der Waals surface area contributed by atoms with Crippen molar-refractivity contribution in [3.63, 3.8) is 0 Å². The average molecular weight is 231 g/mol. The number of carbonyl (C=O) groups excluding carboxylic acids is 1. The van der Waals surface area contributed by atoms with Gasteiger partial charge < -0.3 is 0 Å². The third-order valence-corrected chi connectivity index (χ3v) is 2.10. The Labute approximate surface area is 89.3 Å². The van der Waals surface area contributed by atoms with Gasteiger partial charge in [0.05, 0.1) is 11.1 Å². The minimum absolute atomic E-state index is 0.0300. The summed E-state index contributed by atoms with van der Waals surface area (Å²) in [6.07, 6.45) is -1.90. The van der Waals surface area contributed by atoms with Crippen LogP contribution >= 0.6 is 11.6 Å². The van der Waals surface area contributed by atoms with Crippen LogP contribution in [0, 0.1) is 18.3 Å². The topological polar surface area (TPSA) is 53.8 Å². The van der Waals surface area contributed by atoms with Gasteiger partial charge in [-0.2, -0.15) is 5.26 Å². The first-order valence-corrected chi connectivity index (χ1v) is 4.24. The van der Waals surface area contributed by atoms with E-state index in [-0.39, 0.29) is 16.7 Å². The summed E-state index contributed by atoms with van der Waals surface area (Å²) in [5.41, 5.74) is -0.825. The van der Waals surface area contributed by atoms with Crippen LogP contribution in [-0.4, -0.2) is 10.2 Å². The molecule has 0 aromatic carbocycles. The SMILES string of the molecule is Cc1c(C(=O)Cl)cnc(C(F)F)c1C#N. The van der Waals surface area contributed by atoms with E-state index in [0.29, 0.717) is 0 Å². The summed E-state index contributed by atoms with van der Waals surface area (Å²) in [5.74, 6) is 0. The number of hydrogen-bond donors (Lipinski definition) is 0. The minimum Gasteiger partial charge on any atom is -0.276 e. The molecule has 1 aromatic heterocycles. The van der Waals surface area contributed by atoms with Gasteiger partial charge in [0.25, 0.3) is 11.7 Å². The fourth-order valence-corrected chi connectivity index (χ4v) is 1.32. The smallest absolute Gasteiger partial charge is 0.276 e. The van der Waals surface area contributed by atoms with Crippen molar-refractivity contribution in [2.75, 3.05) is 0 Å². The summed E-state index contributed by atoms with van der Waals surface area (Å²) < 4.78 is 24.8. The van der Waals surface area contributed by atoms with Gasteiger partial charge >= 0.3 is 0 Å². The Hall–Kier alpha value is -1.54. The van der Waals surface area contributed by atoms with Gasteiger partial charge in [0.15, 0.2) is 0 Å². The molecule has 0 radical (unpaired) electrons. The Kier molecular flexibility index (Phi) is 3.32. The molecule has 0 aliphatic heterocycles. The van der Waals surface area contributed by atoms with Gasteiger partial charge in [0.1, 0.15) is 11.8 Å². The Morgan fingerprint density at radius 3 is 2.67 bits per heavy atom. The molecular formula is C9H5ClF2N2O. The van der Waals surface area contributed by atoms with Crippen molar-refractivity contribution in [3.8, 4) is 6.07 Å². The number of hydrogen-bond acceptors (Lipinski definition) is 3. The molecule has 0 N–H and O–H groups in total. The molecule has 1 aromatic rings. The maximum Gasteiger partial charge on any atom is 0.281 e. The number of rotatable bonds is 2. The second kappa shape index (κ2) is 4.32. The summed E-state index contributed by atoms with van der Waals surface area (Å²) in [6.45, 7) is 1.38. The quantitative estimate of drug-likeness (QED) is 0.734. The van der Waals surface area contributed by atoms with Crippen LogP contribution < -0.4 is 0 Å². The Bertz CT molecular complexity index is 454. The van der Waals surface area contributed by atoms with Gasteiger partial charge in [-0.25, -0.2) is 8.78 Å². The number of aromatic nitrogens is 1. The third-order valence-electron chi connectivity index (χ3n) is 1.90. The molecule has 0 fully saturated rings. The molecule has 0 aliphatic rings. The minimum atomic E-state index is -2.85. The lowest BCUT2D eigenvalue weighted by atomic mass is 10.0. The highest BCUT2D eigenvalue weighted by Gasteiger charge is 2.20. The lowest BCUT2D eigenvalue weighted by molar-refractivity contribution is 0.107. The summed E-state index contributed by atoms with van der Waals surface area (Å²) >= 11 is 5.19. The van der Waals surface area contributed by atoms with Crippen LogP contribution in [0.3, 0.4) is 0 Å². The van der Waals surface area contributed by atoms with Gasteiger partial charge in [0.2, 0.25) is 0 Å². The zero-order valence-corrected chi connectivity index (χ0v) is 8.35. The van der Waals surface area contributed by atoms with E-state index >= 15 is 0 Å². The monoisotopic (exact) mass is 230 g/mol. The molecule has 0 amide bonds. The number of halogens is 3. The normalized spacial score (nSPS) is 10.1. The average Bonchev–Trinajstić information content (AvgIpc) is 2.16. The van der Waals surface area contributed by atoms with E-state index < -0.39 is 17.4 Å². The Morgan fingerprint density at radius 2 is 2.27 bits per heavy atom. The number of pyridine rings is 1. The highest BCUT2D eigenvalue weighted by atomic mass is 35.5. The van der Waals surface area contributed by atoms with Crippen molar-refractivity contribution in [1.29, 1.82) is 5.26 Å². The van der Waals surface area contributed by atoms with Crippen molar-refractivity contribution in [3.05, 3.63) is 28.6 Å². The molecule has 1 rings (SSSR count). The van der Waals surface area contributed by atoms with Crippen LogP contribution in [0.15, 0.2) is 6.20 Å². The molecule has 0 saturated heterocycles. The molecule has 0 spiro atoms. The first-order chi connectivity index (χ1) is 6.99. The lowest BCUT2D eigenvalue weighted by Gasteiger charge is -2.06. The standard InChI is InChI=1S/C9H5ClF2N2O/c1-4-5(2-13)7(9(11)12)14-3-6(4)8(10)15/h3,9H,1H3. The van der Waals surface area contributed by atoms with E-state index in [2.05, 4.69) is 4.98 Å². The van der Waals surface area contributed by atoms with Gasteiger partial charge in [-0.05, 0) is 24.1 Å². The number of alkyl halides is 2. The molecule has 78 valence electrons. The van der Waals surface area contributed by atoms with Crippen molar-refractivity contribution < 1.29 is 13.6 Å². The summed E-state index contributed by atoms with van der Waals surface area (Å²) in [6, 6.07) is 1.59. The van der Waals surface area contributed by atoms with Crippen molar-refractivity contribution in [1.82, 2.24) is 4.98 Å². The fraction of sp³-hybridized carbons (Fsp3) is 0.222. The molecule has 6 heteroatoms. The van der Waals surface area contributed by atoms with Gasteiger partial charge in [-0.15, -0.1) is 0 Å². The largest absolute Gasteiger partial charge is 0.281 e. The van der Waals surface area contributed by atoms with Crippen LogP contribution in [0.25, 0.3) is 0 Å². The molecule has 0 bridgehead atoms. The maximum atomic E-state index is 12.4. The molecule has 1 heterocycles. The zero-order chi connectivity index (χ0) is 11.6. The van der Waals surface area contributed by atoms with E-state index in [4.69, 9.17) is 16.9 Å². The third kappa shape index (κ3) is 2.10. The summed E-state index contributed by atoms with van der Waals surface area (Å²) in [4.78, 5) is 14.2. The zero-order valence-electron chi connectivity index (χ0n) is 7.59. The first-order valence-electron chi connectivity index (χ1n) is 3.86. The van der Waals surface area contributed by atoms with Crippen LogP contribution in [0.1, 0.15) is 33.6 Å². The lowest BCUT2D eigenvalue weighted by Crippen LogP contribution is -2.04. The van der Waals surface area contributed by atoms with Gasteiger partial charge in [-0.1, -0.05) is 0 Å². The molecule has 3 nitrogen and oxygen atoms in total. The van der Waals surface area contributed by atoms with Crippen LogP contribution in [0.5, 0.6) is 0 Å². The fourth-order valence-electron chi connectivity index (χ4n) is 1.13. The number of nitrogens with zero attached hydrogens (tertiary/aromatic N) is 2. The predicted molar refractivity (Wildman–Crippen MR) is 48.8 cm³/mol. The second-order valence-corrected chi connectivity index (χ2v) is 3.09. The predicted octanol–water partition coefficient (Wildman–Crippen LogP) is 2.58. The van der Waals surface area contributed by atoms with E-state index in [0.717, 1.165) is 6.20 Å². The van der Waals surface area contributed by atoms with E-state index in [9.17, 15) is 13.6 Å².